The number of thioether (sulfide) groups is 1. The molecule has 0 unspecified atom stereocenters. The number of rotatable bonds is 6. The summed E-state index contributed by atoms with van der Waals surface area (Å²) in [4.78, 5) is 27.1. The zero-order valence-electron chi connectivity index (χ0n) is 11.5. The van der Waals surface area contributed by atoms with Gasteiger partial charge in [0.25, 0.3) is 5.56 Å². The quantitative estimate of drug-likeness (QED) is 0.811. The van der Waals surface area contributed by atoms with Gasteiger partial charge in [0.2, 0.25) is 5.91 Å². The maximum Gasteiger partial charge on any atom is 0.287 e. The maximum atomic E-state index is 12.3. The second-order valence-corrected chi connectivity index (χ2v) is 5.05. The van der Waals surface area contributed by atoms with Gasteiger partial charge in [0.15, 0.2) is 5.03 Å². The number of ether oxygens (including phenoxy) is 1. The molecule has 2 rings (SSSR count). The molecule has 0 radical (unpaired) electrons. The van der Waals surface area contributed by atoms with Crippen LogP contribution in [0.4, 0.5) is 0 Å². The molecule has 2 aromatic rings. The van der Waals surface area contributed by atoms with Crippen LogP contribution in [0.5, 0.6) is 5.75 Å². The van der Waals surface area contributed by atoms with Crippen LogP contribution in [0.1, 0.15) is 6.92 Å². The molecule has 110 valence electrons. The molecule has 6 nitrogen and oxygen atoms in total. The van der Waals surface area contributed by atoms with Crippen molar-refractivity contribution in [2.75, 3.05) is 12.4 Å². The largest absolute Gasteiger partial charge is 0.494 e. The van der Waals surface area contributed by atoms with E-state index in [0.717, 1.165) is 17.5 Å². The Labute approximate surface area is 125 Å². The monoisotopic (exact) mass is 305 g/mol. The Balaban J connectivity index is 2.29. The molecule has 0 spiro atoms. The first-order chi connectivity index (χ1) is 10.1. The van der Waals surface area contributed by atoms with Crippen molar-refractivity contribution < 1.29 is 9.53 Å². The highest BCUT2D eigenvalue weighted by Crippen LogP contribution is 2.15. The second kappa shape index (κ2) is 6.94. The third kappa shape index (κ3) is 3.85. The van der Waals surface area contributed by atoms with E-state index < -0.39 is 5.91 Å². The van der Waals surface area contributed by atoms with Crippen molar-refractivity contribution >= 4 is 17.7 Å². The first kappa shape index (κ1) is 15.1. The van der Waals surface area contributed by atoms with Crippen molar-refractivity contribution in [3.8, 4) is 11.4 Å². The minimum Gasteiger partial charge on any atom is -0.494 e. The molecule has 0 atom stereocenters. The summed E-state index contributed by atoms with van der Waals surface area (Å²) in [6.07, 6.45) is 3.09. The van der Waals surface area contributed by atoms with Crippen molar-refractivity contribution in [3.05, 3.63) is 47.0 Å². The number of primary amides is 1. The summed E-state index contributed by atoms with van der Waals surface area (Å²) in [5, 5.41) is 0.241. The van der Waals surface area contributed by atoms with E-state index >= 15 is 0 Å². The molecule has 1 aromatic carbocycles. The lowest BCUT2D eigenvalue weighted by Crippen LogP contribution is -2.22. The van der Waals surface area contributed by atoms with Crippen LogP contribution in [0.25, 0.3) is 5.69 Å². The number of carbonyl (C=O) groups excluding carboxylic acids is 1. The number of aromatic nitrogens is 2. The van der Waals surface area contributed by atoms with Gasteiger partial charge in [-0.15, -0.1) is 0 Å². The zero-order chi connectivity index (χ0) is 15.2. The van der Waals surface area contributed by atoms with E-state index in [-0.39, 0.29) is 16.3 Å². The van der Waals surface area contributed by atoms with E-state index in [4.69, 9.17) is 10.5 Å². The molecule has 21 heavy (non-hydrogen) atoms. The van der Waals surface area contributed by atoms with E-state index in [1.165, 1.54) is 10.8 Å². The number of hydrogen-bond donors (Lipinski definition) is 1. The molecule has 0 bridgehead atoms. The second-order valence-electron chi connectivity index (χ2n) is 4.09. The van der Waals surface area contributed by atoms with Crippen molar-refractivity contribution in [2.45, 2.75) is 11.9 Å². The first-order valence-electron chi connectivity index (χ1n) is 6.34. The number of nitrogens with two attached hydrogens (primary N) is 1. The molecular formula is C14H15N3O3S. The summed E-state index contributed by atoms with van der Waals surface area (Å²) in [7, 11) is 0. The zero-order valence-corrected chi connectivity index (χ0v) is 12.3. The number of carbonyl (C=O) groups is 1. The normalized spacial score (nSPS) is 10.3. The SMILES string of the molecule is CCOc1ccc(-n2ccnc(SCC(N)=O)c2=O)cc1. The van der Waals surface area contributed by atoms with Crippen LogP contribution in [0.2, 0.25) is 0 Å². The molecule has 1 amide bonds. The van der Waals surface area contributed by atoms with Crippen molar-refractivity contribution in [1.82, 2.24) is 9.55 Å². The Morgan fingerprint density at radius 2 is 2.10 bits per heavy atom. The molecule has 0 aliphatic rings. The topological polar surface area (TPSA) is 87.2 Å². The Hall–Kier alpha value is -2.28. The molecule has 1 heterocycles. The summed E-state index contributed by atoms with van der Waals surface area (Å²) in [6.45, 7) is 2.49. The Morgan fingerprint density at radius 1 is 1.38 bits per heavy atom. The number of hydrogen-bond acceptors (Lipinski definition) is 5. The van der Waals surface area contributed by atoms with Gasteiger partial charge in [0.05, 0.1) is 12.4 Å². The summed E-state index contributed by atoms with van der Waals surface area (Å²) < 4.78 is 6.82. The van der Waals surface area contributed by atoms with Crippen LogP contribution in [0.3, 0.4) is 0 Å². The van der Waals surface area contributed by atoms with Crippen LogP contribution in [-0.4, -0.2) is 27.8 Å². The molecule has 0 aliphatic heterocycles. The minimum absolute atomic E-state index is 0.0233. The van der Waals surface area contributed by atoms with Crippen molar-refractivity contribution in [3.63, 3.8) is 0 Å². The third-order valence-electron chi connectivity index (χ3n) is 2.59. The van der Waals surface area contributed by atoms with Crippen LogP contribution in [0.15, 0.2) is 46.5 Å². The highest BCUT2D eigenvalue weighted by Gasteiger charge is 2.08. The standard InChI is InChI=1S/C14H15N3O3S/c1-2-20-11-5-3-10(4-6-11)17-8-7-16-13(14(17)19)21-9-12(15)18/h3-8H,2,9H2,1H3,(H2,15,18). The summed E-state index contributed by atoms with van der Waals surface area (Å²) in [5.74, 6) is 0.277. The lowest BCUT2D eigenvalue weighted by molar-refractivity contribution is -0.115. The fraction of sp³-hybridized carbons (Fsp3) is 0.214. The van der Waals surface area contributed by atoms with E-state index in [2.05, 4.69) is 4.98 Å². The summed E-state index contributed by atoms with van der Waals surface area (Å²) in [6, 6.07) is 7.16. The summed E-state index contributed by atoms with van der Waals surface area (Å²) >= 11 is 1.03. The fourth-order valence-corrected chi connectivity index (χ4v) is 2.34. The Morgan fingerprint density at radius 3 is 2.71 bits per heavy atom. The predicted octanol–water partition coefficient (Wildman–Crippen LogP) is 1.21. The average molecular weight is 305 g/mol. The van der Waals surface area contributed by atoms with Gasteiger partial charge in [0, 0.05) is 18.1 Å². The predicted molar refractivity (Wildman–Crippen MR) is 80.9 cm³/mol. The van der Waals surface area contributed by atoms with Crippen LogP contribution in [0, 0.1) is 0 Å². The lowest BCUT2D eigenvalue weighted by atomic mass is 10.3. The van der Waals surface area contributed by atoms with E-state index in [1.54, 1.807) is 30.5 Å². The molecule has 1 aromatic heterocycles. The molecule has 0 aliphatic carbocycles. The maximum absolute atomic E-state index is 12.3. The average Bonchev–Trinajstić information content (AvgIpc) is 2.47. The highest BCUT2D eigenvalue weighted by molar-refractivity contribution is 7.99. The number of benzene rings is 1. The fourth-order valence-electron chi connectivity index (χ4n) is 1.71. The van der Waals surface area contributed by atoms with Gasteiger partial charge in [-0.05, 0) is 31.2 Å². The highest BCUT2D eigenvalue weighted by atomic mass is 32.2. The van der Waals surface area contributed by atoms with Gasteiger partial charge < -0.3 is 10.5 Å². The molecule has 0 saturated heterocycles. The van der Waals surface area contributed by atoms with Gasteiger partial charge in [0.1, 0.15) is 5.75 Å². The molecule has 0 saturated carbocycles. The minimum atomic E-state index is -0.488. The van der Waals surface area contributed by atoms with E-state index in [1.807, 2.05) is 6.92 Å². The van der Waals surface area contributed by atoms with Crippen LogP contribution < -0.4 is 16.0 Å². The van der Waals surface area contributed by atoms with Gasteiger partial charge in [-0.1, -0.05) is 11.8 Å². The van der Waals surface area contributed by atoms with E-state index in [9.17, 15) is 9.59 Å². The van der Waals surface area contributed by atoms with Crippen LogP contribution >= 0.6 is 11.8 Å². The van der Waals surface area contributed by atoms with Crippen LogP contribution in [-0.2, 0) is 4.79 Å². The van der Waals surface area contributed by atoms with E-state index in [0.29, 0.717) is 12.3 Å². The first-order valence-corrected chi connectivity index (χ1v) is 7.32. The van der Waals surface area contributed by atoms with Gasteiger partial charge >= 0.3 is 0 Å². The smallest absolute Gasteiger partial charge is 0.287 e. The Bertz CT molecular complexity index is 683. The van der Waals surface area contributed by atoms with Crippen molar-refractivity contribution in [2.24, 2.45) is 5.73 Å². The molecule has 2 N–H and O–H groups in total. The van der Waals surface area contributed by atoms with Gasteiger partial charge in [-0.2, -0.15) is 0 Å². The van der Waals surface area contributed by atoms with Gasteiger partial charge in [-0.3, -0.25) is 14.2 Å². The van der Waals surface area contributed by atoms with Crippen molar-refractivity contribution in [1.29, 1.82) is 0 Å². The molecule has 7 heteroatoms. The summed E-state index contributed by atoms with van der Waals surface area (Å²) in [5.41, 5.74) is 5.49. The molecular weight excluding hydrogens is 290 g/mol. The Kier molecular flexibility index (Phi) is 4.99. The number of amides is 1. The lowest BCUT2D eigenvalue weighted by Gasteiger charge is -2.08. The third-order valence-corrected chi connectivity index (χ3v) is 3.57. The number of nitrogens with zero attached hydrogens (tertiary/aromatic N) is 2. The van der Waals surface area contributed by atoms with Gasteiger partial charge in [-0.25, -0.2) is 4.98 Å². The molecule has 0 fully saturated rings.